The molecule has 28 heavy (non-hydrogen) atoms. The maximum absolute atomic E-state index is 12.5. The van der Waals surface area contributed by atoms with Crippen LogP contribution in [0.3, 0.4) is 0 Å². The maximum atomic E-state index is 12.5. The summed E-state index contributed by atoms with van der Waals surface area (Å²) in [7, 11) is 5.00. The van der Waals surface area contributed by atoms with Crippen LogP contribution in [0, 0.1) is 0 Å². The van der Waals surface area contributed by atoms with Gasteiger partial charge in [0.2, 0.25) is 5.91 Å². The molecule has 1 amide bonds. The van der Waals surface area contributed by atoms with Crippen LogP contribution in [0.5, 0.6) is 11.5 Å². The zero-order valence-electron chi connectivity index (χ0n) is 16.4. The molecule has 1 aliphatic rings. The molecule has 1 saturated heterocycles. The number of nitrogens with zero attached hydrogens (tertiary/aromatic N) is 2. The molecule has 2 aromatic rings. The predicted octanol–water partition coefficient (Wildman–Crippen LogP) is 0.827. The van der Waals surface area contributed by atoms with E-state index in [0.29, 0.717) is 53.6 Å². The minimum absolute atomic E-state index is 0.145. The monoisotopic (exact) mass is 389 g/mol. The van der Waals surface area contributed by atoms with E-state index in [2.05, 4.69) is 20.6 Å². The number of fused-ring (bicyclic) bond motifs is 1. The number of carbonyl (C=O) groups excluding carboxylic acids is 1. The Balaban J connectivity index is 1.86. The van der Waals surface area contributed by atoms with Crippen LogP contribution < -0.4 is 25.8 Å². The van der Waals surface area contributed by atoms with Gasteiger partial charge in [0.1, 0.15) is 17.7 Å². The van der Waals surface area contributed by atoms with E-state index in [1.165, 1.54) is 0 Å². The van der Waals surface area contributed by atoms with Crippen molar-refractivity contribution < 1.29 is 19.0 Å². The van der Waals surface area contributed by atoms with Gasteiger partial charge in [0, 0.05) is 24.6 Å². The minimum Gasteiger partial charge on any atom is -0.493 e. The molecule has 2 atom stereocenters. The summed E-state index contributed by atoms with van der Waals surface area (Å²) in [6.07, 6.45) is 0.889. The summed E-state index contributed by atoms with van der Waals surface area (Å²) in [5.74, 6) is 1.56. The number of amides is 1. The second-order valence-corrected chi connectivity index (χ2v) is 6.63. The Kier molecular flexibility index (Phi) is 6.48. The van der Waals surface area contributed by atoms with Crippen molar-refractivity contribution >= 4 is 22.6 Å². The Bertz CT molecular complexity index is 845. The number of anilines is 1. The second-order valence-electron chi connectivity index (χ2n) is 6.63. The molecule has 1 aliphatic heterocycles. The summed E-state index contributed by atoms with van der Waals surface area (Å²) >= 11 is 0. The van der Waals surface area contributed by atoms with Crippen molar-refractivity contribution in [1.29, 1.82) is 0 Å². The van der Waals surface area contributed by atoms with Crippen LogP contribution in [0.2, 0.25) is 0 Å². The Morgan fingerprint density at radius 3 is 2.71 bits per heavy atom. The van der Waals surface area contributed by atoms with Crippen molar-refractivity contribution in [2.24, 2.45) is 0 Å². The fourth-order valence-electron chi connectivity index (χ4n) is 3.35. The van der Waals surface area contributed by atoms with Crippen LogP contribution in [-0.2, 0) is 9.53 Å². The summed E-state index contributed by atoms with van der Waals surface area (Å²) in [6.45, 7) is 1.90. The molecule has 2 unspecified atom stereocenters. The average Bonchev–Trinajstić information content (AvgIpc) is 3.20. The number of hydrogen-bond acceptors (Lipinski definition) is 8. The lowest BCUT2D eigenvalue weighted by Crippen LogP contribution is -2.38. The topological polar surface area (TPSA) is 121 Å². The van der Waals surface area contributed by atoms with Gasteiger partial charge in [0.15, 0.2) is 11.5 Å². The molecule has 1 aromatic carbocycles. The summed E-state index contributed by atoms with van der Waals surface area (Å²) in [6, 6.07) is 3.52. The van der Waals surface area contributed by atoms with Crippen LogP contribution in [0.1, 0.15) is 24.6 Å². The van der Waals surface area contributed by atoms with E-state index >= 15 is 0 Å². The highest BCUT2D eigenvalue weighted by Crippen LogP contribution is 2.36. The Labute approximate surface area is 164 Å². The average molecular weight is 389 g/mol. The number of carbonyl (C=O) groups is 1. The standard InChI is InChI=1S/C19H27N5O4/c1-21-6-4-7-22-19(25)16-11(5-8-28-16)18-23-13-10-15(27-3)14(26-2)9-12(13)17(20)24-18/h9-11,16,21H,4-8H2,1-3H3,(H,22,25)(H2,20,23,24). The molecule has 9 heteroatoms. The normalized spacial score (nSPS) is 19.0. The van der Waals surface area contributed by atoms with Crippen molar-refractivity contribution in [2.45, 2.75) is 24.9 Å². The van der Waals surface area contributed by atoms with Crippen molar-refractivity contribution in [1.82, 2.24) is 20.6 Å². The molecule has 0 aliphatic carbocycles. The number of methoxy groups -OCH3 is 2. The first-order valence-electron chi connectivity index (χ1n) is 9.32. The van der Waals surface area contributed by atoms with Crippen LogP contribution >= 0.6 is 0 Å². The molecule has 0 spiro atoms. The zero-order chi connectivity index (χ0) is 20.1. The summed E-state index contributed by atoms with van der Waals surface area (Å²) in [5.41, 5.74) is 6.82. The Morgan fingerprint density at radius 1 is 1.25 bits per heavy atom. The van der Waals surface area contributed by atoms with Crippen LogP contribution in [0.4, 0.5) is 5.82 Å². The first-order valence-corrected chi connectivity index (χ1v) is 9.32. The van der Waals surface area contributed by atoms with Gasteiger partial charge >= 0.3 is 0 Å². The number of hydrogen-bond donors (Lipinski definition) is 3. The minimum atomic E-state index is -0.619. The van der Waals surface area contributed by atoms with E-state index in [9.17, 15) is 4.79 Å². The largest absolute Gasteiger partial charge is 0.493 e. The lowest BCUT2D eigenvalue weighted by molar-refractivity contribution is -0.130. The van der Waals surface area contributed by atoms with Gasteiger partial charge in [-0.2, -0.15) is 0 Å². The fraction of sp³-hybridized carbons (Fsp3) is 0.526. The highest BCUT2D eigenvalue weighted by atomic mass is 16.5. The van der Waals surface area contributed by atoms with E-state index in [4.69, 9.17) is 19.9 Å². The van der Waals surface area contributed by atoms with E-state index in [0.717, 1.165) is 13.0 Å². The van der Waals surface area contributed by atoms with E-state index in [1.54, 1.807) is 26.4 Å². The van der Waals surface area contributed by atoms with Crippen LogP contribution in [-0.4, -0.2) is 62.9 Å². The molecule has 0 saturated carbocycles. The van der Waals surface area contributed by atoms with Gasteiger partial charge in [0.25, 0.3) is 0 Å². The Hall–Kier alpha value is -2.65. The number of nitrogen functional groups attached to an aromatic ring is 1. The predicted molar refractivity (Wildman–Crippen MR) is 106 cm³/mol. The van der Waals surface area contributed by atoms with Gasteiger partial charge in [-0.25, -0.2) is 9.97 Å². The van der Waals surface area contributed by atoms with Crippen LogP contribution in [0.15, 0.2) is 12.1 Å². The van der Waals surface area contributed by atoms with Crippen molar-refractivity contribution in [3.05, 3.63) is 18.0 Å². The highest BCUT2D eigenvalue weighted by Gasteiger charge is 2.37. The summed E-state index contributed by atoms with van der Waals surface area (Å²) in [5, 5.41) is 6.64. The fourth-order valence-corrected chi connectivity index (χ4v) is 3.35. The van der Waals surface area contributed by atoms with Gasteiger partial charge in [-0.1, -0.05) is 0 Å². The third-order valence-electron chi connectivity index (χ3n) is 4.83. The van der Waals surface area contributed by atoms with Crippen LogP contribution in [0.25, 0.3) is 10.9 Å². The van der Waals surface area contributed by atoms with Gasteiger partial charge in [-0.15, -0.1) is 0 Å². The molecular weight excluding hydrogens is 362 g/mol. The van der Waals surface area contributed by atoms with E-state index < -0.39 is 6.10 Å². The lowest BCUT2D eigenvalue weighted by atomic mass is 9.99. The first-order chi connectivity index (χ1) is 13.6. The number of ether oxygens (including phenoxy) is 3. The second kappa shape index (κ2) is 9.03. The van der Waals surface area contributed by atoms with Gasteiger partial charge in [-0.3, -0.25) is 4.79 Å². The number of nitrogens with one attached hydrogen (secondary N) is 2. The zero-order valence-corrected chi connectivity index (χ0v) is 16.4. The van der Waals surface area contributed by atoms with Gasteiger partial charge < -0.3 is 30.6 Å². The molecule has 0 bridgehead atoms. The van der Waals surface area contributed by atoms with Gasteiger partial charge in [-0.05, 0) is 32.5 Å². The summed E-state index contributed by atoms with van der Waals surface area (Å²) in [4.78, 5) is 21.6. The molecule has 1 fully saturated rings. The SMILES string of the molecule is CNCCCNC(=O)C1OCCC1c1nc(N)c2cc(OC)c(OC)cc2n1. The van der Waals surface area contributed by atoms with E-state index in [1.807, 2.05) is 7.05 Å². The molecular formula is C19H27N5O4. The number of rotatable bonds is 8. The number of nitrogens with two attached hydrogens (primary N) is 1. The third kappa shape index (κ3) is 4.10. The maximum Gasteiger partial charge on any atom is 0.249 e. The number of benzene rings is 1. The molecule has 3 rings (SSSR count). The third-order valence-corrected chi connectivity index (χ3v) is 4.83. The lowest BCUT2D eigenvalue weighted by Gasteiger charge is -2.18. The smallest absolute Gasteiger partial charge is 0.249 e. The number of aromatic nitrogens is 2. The van der Waals surface area contributed by atoms with Crippen molar-refractivity contribution in [3.8, 4) is 11.5 Å². The molecule has 0 radical (unpaired) electrons. The van der Waals surface area contributed by atoms with Crippen molar-refractivity contribution in [3.63, 3.8) is 0 Å². The molecule has 152 valence electrons. The molecule has 9 nitrogen and oxygen atoms in total. The molecule has 4 N–H and O–H groups in total. The summed E-state index contributed by atoms with van der Waals surface area (Å²) < 4.78 is 16.4. The van der Waals surface area contributed by atoms with E-state index in [-0.39, 0.29) is 11.8 Å². The quantitative estimate of drug-likeness (QED) is 0.568. The first kappa shape index (κ1) is 20.1. The molecule has 1 aromatic heterocycles. The van der Waals surface area contributed by atoms with Gasteiger partial charge in [0.05, 0.1) is 25.7 Å². The molecule has 2 heterocycles. The Morgan fingerprint density at radius 2 is 2.00 bits per heavy atom. The highest BCUT2D eigenvalue weighted by molar-refractivity contribution is 5.91. The van der Waals surface area contributed by atoms with Crippen molar-refractivity contribution in [2.75, 3.05) is 46.7 Å².